The van der Waals surface area contributed by atoms with Crippen molar-refractivity contribution >= 4 is 23.5 Å². The van der Waals surface area contributed by atoms with Crippen molar-refractivity contribution in [2.24, 2.45) is 17.8 Å². The molecule has 4 unspecified atom stereocenters. The van der Waals surface area contributed by atoms with E-state index in [4.69, 9.17) is 11.6 Å². The van der Waals surface area contributed by atoms with Crippen LogP contribution in [0.15, 0.2) is 24.3 Å². The van der Waals surface area contributed by atoms with Crippen LogP contribution in [0.25, 0.3) is 0 Å². The summed E-state index contributed by atoms with van der Waals surface area (Å²) in [5, 5.41) is 6.11. The van der Waals surface area contributed by atoms with Crippen molar-refractivity contribution < 1.29 is 9.59 Å². The average molecular weight is 378 g/mol. The normalized spacial score (nSPS) is 25.3. The highest BCUT2D eigenvalue weighted by molar-refractivity contribution is 6.30. The Bertz CT molecular complexity index is 649. The lowest BCUT2D eigenvalue weighted by Gasteiger charge is -2.28. The molecule has 0 aliphatic heterocycles. The summed E-state index contributed by atoms with van der Waals surface area (Å²) in [6, 6.07) is 7.25. The molecule has 1 aromatic rings. The number of halogens is 1. The van der Waals surface area contributed by atoms with Gasteiger partial charge in [0.15, 0.2) is 0 Å². The Morgan fingerprint density at radius 2 is 1.96 bits per heavy atom. The molecular weight excluding hydrogens is 350 g/mol. The molecule has 3 rings (SSSR count). The molecule has 2 bridgehead atoms. The molecule has 0 saturated heterocycles. The number of fused-ring (bicyclic) bond motifs is 2. The van der Waals surface area contributed by atoms with E-state index >= 15 is 0 Å². The first kappa shape index (κ1) is 19.2. The zero-order chi connectivity index (χ0) is 18.7. The van der Waals surface area contributed by atoms with Crippen molar-refractivity contribution in [2.75, 3.05) is 13.6 Å². The Balaban J connectivity index is 1.39. The third kappa shape index (κ3) is 4.98. The molecule has 5 nitrogen and oxygen atoms in total. The Kier molecular flexibility index (Phi) is 6.20. The molecule has 2 aliphatic rings. The van der Waals surface area contributed by atoms with Crippen molar-refractivity contribution in [3.63, 3.8) is 0 Å². The maximum Gasteiger partial charge on any atom is 0.321 e. The van der Waals surface area contributed by atoms with Crippen LogP contribution in [0, 0.1) is 17.8 Å². The predicted octanol–water partition coefficient (Wildman–Crippen LogP) is 3.42. The second-order valence-corrected chi connectivity index (χ2v) is 8.38. The minimum absolute atomic E-state index is 0.116. The lowest BCUT2D eigenvalue weighted by atomic mass is 9.84. The number of rotatable bonds is 6. The van der Waals surface area contributed by atoms with Crippen LogP contribution in [0.5, 0.6) is 0 Å². The number of carbonyl (C=O) groups is 2. The number of amides is 3. The molecular formula is C20H28ClN3O2. The summed E-state index contributed by atoms with van der Waals surface area (Å²) >= 11 is 5.88. The fourth-order valence-corrected chi connectivity index (χ4v) is 4.75. The molecule has 0 radical (unpaired) electrons. The molecule has 6 heteroatoms. The maximum atomic E-state index is 12.1. The maximum absolute atomic E-state index is 12.1. The standard InChI is InChI=1S/C20H28ClN3O2/c1-13(18-10-15-3-6-16(18)9-15)22-20(26)23-19(25)12-24(2)11-14-4-7-17(21)8-5-14/h4-5,7-8,13,15-16,18H,3,6,9-12H2,1-2H3,(H2,22,23,25,26). The van der Waals surface area contributed by atoms with Crippen LogP contribution in [-0.4, -0.2) is 36.5 Å². The Hall–Kier alpha value is -1.59. The van der Waals surface area contributed by atoms with Crippen LogP contribution >= 0.6 is 11.6 Å². The van der Waals surface area contributed by atoms with Gasteiger partial charge in [0.2, 0.25) is 5.91 Å². The number of urea groups is 1. The van der Waals surface area contributed by atoms with Gasteiger partial charge in [-0.05, 0) is 68.7 Å². The van der Waals surface area contributed by atoms with Gasteiger partial charge < -0.3 is 5.32 Å². The van der Waals surface area contributed by atoms with Gasteiger partial charge in [0, 0.05) is 17.6 Å². The second-order valence-electron chi connectivity index (χ2n) is 7.95. The van der Waals surface area contributed by atoms with Gasteiger partial charge in [-0.15, -0.1) is 0 Å². The van der Waals surface area contributed by atoms with E-state index in [-0.39, 0.29) is 24.5 Å². The third-order valence-corrected chi connectivity index (χ3v) is 6.08. The number of nitrogens with one attached hydrogen (secondary N) is 2. The minimum atomic E-state index is -0.384. The van der Waals surface area contributed by atoms with E-state index in [0.29, 0.717) is 17.5 Å². The lowest BCUT2D eigenvalue weighted by Crippen LogP contribution is -2.48. The summed E-state index contributed by atoms with van der Waals surface area (Å²) in [6.45, 7) is 2.84. The zero-order valence-corrected chi connectivity index (χ0v) is 16.3. The van der Waals surface area contributed by atoms with Gasteiger partial charge in [0.25, 0.3) is 0 Å². The van der Waals surface area contributed by atoms with Crippen LogP contribution in [0.2, 0.25) is 5.02 Å². The number of hydrogen-bond donors (Lipinski definition) is 2. The van der Waals surface area contributed by atoms with Crippen molar-refractivity contribution in [3.8, 4) is 0 Å². The van der Waals surface area contributed by atoms with Crippen molar-refractivity contribution in [2.45, 2.75) is 45.2 Å². The molecule has 2 aliphatic carbocycles. The number of nitrogens with zero attached hydrogens (tertiary/aromatic N) is 1. The van der Waals surface area contributed by atoms with E-state index in [1.54, 1.807) is 0 Å². The van der Waals surface area contributed by atoms with Crippen molar-refractivity contribution in [3.05, 3.63) is 34.9 Å². The summed E-state index contributed by atoms with van der Waals surface area (Å²) in [4.78, 5) is 26.1. The van der Waals surface area contributed by atoms with Crippen LogP contribution in [0.1, 0.15) is 38.2 Å². The second kappa shape index (κ2) is 8.40. The van der Waals surface area contributed by atoms with Gasteiger partial charge in [0.05, 0.1) is 6.54 Å². The molecule has 2 N–H and O–H groups in total. The molecule has 1 aromatic carbocycles. The van der Waals surface area contributed by atoms with E-state index in [0.717, 1.165) is 17.4 Å². The summed E-state index contributed by atoms with van der Waals surface area (Å²) in [5.41, 5.74) is 1.07. The van der Waals surface area contributed by atoms with Gasteiger partial charge in [-0.25, -0.2) is 4.79 Å². The van der Waals surface area contributed by atoms with E-state index in [9.17, 15) is 9.59 Å². The fraction of sp³-hybridized carbons (Fsp3) is 0.600. The van der Waals surface area contributed by atoms with Crippen molar-refractivity contribution in [1.82, 2.24) is 15.5 Å². The van der Waals surface area contributed by atoms with Crippen LogP contribution in [0.4, 0.5) is 4.79 Å². The van der Waals surface area contributed by atoms with E-state index in [1.165, 1.54) is 25.7 Å². The molecule has 0 heterocycles. The molecule has 2 fully saturated rings. The highest BCUT2D eigenvalue weighted by Gasteiger charge is 2.42. The third-order valence-electron chi connectivity index (χ3n) is 5.83. The summed E-state index contributed by atoms with van der Waals surface area (Å²) in [5.74, 6) is 1.86. The Morgan fingerprint density at radius 1 is 1.23 bits per heavy atom. The summed E-state index contributed by atoms with van der Waals surface area (Å²) < 4.78 is 0. The monoisotopic (exact) mass is 377 g/mol. The molecule has 142 valence electrons. The first-order valence-corrected chi connectivity index (χ1v) is 9.82. The highest BCUT2D eigenvalue weighted by Crippen LogP contribution is 2.49. The van der Waals surface area contributed by atoms with Gasteiger partial charge in [-0.1, -0.05) is 30.2 Å². The Morgan fingerprint density at radius 3 is 2.58 bits per heavy atom. The lowest BCUT2D eigenvalue weighted by molar-refractivity contribution is -0.121. The SMILES string of the molecule is CC(NC(=O)NC(=O)CN(C)Cc1ccc(Cl)cc1)C1CC2CCC1C2. The molecule has 26 heavy (non-hydrogen) atoms. The zero-order valence-electron chi connectivity index (χ0n) is 15.5. The number of hydrogen-bond acceptors (Lipinski definition) is 3. The molecule has 0 spiro atoms. The van der Waals surface area contributed by atoms with Gasteiger partial charge >= 0.3 is 6.03 Å². The quantitative estimate of drug-likeness (QED) is 0.798. The first-order chi connectivity index (χ1) is 12.4. The number of imide groups is 1. The summed E-state index contributed by atoms with van der Waals surface area (Å²) in [7, 11) is 1.85. The van der Waals surface area contributed by atoms with Crippen LogP contribution < -0.4 is 10.6 Å². The van der Waals surface area contributed by atoms with Gasteiger partial charge in [0.1, 0.15) is 0 Å². The predicted molar refractivity (Wildman–Crippen MR) is 103 cm³/mol. The van der Waals surface area contributed by atoms with Crippen LogP contribution in [0.3, 0.4) is 0 Å². The van der Waals surface area contributed by atoms with Gasteiger partial charge in [-0.2, -0.15) is 0 Å². The first-order valence-electron chi connectivity index (χ1n) is 9.44. The summed E-state index contributed by atoms with van der Waals surface area (Å²) in [6.07, 6.45) is 5.16. The van der Waals surface area contributed by atoms with E-state index in [2.05, 4.69) is 17.6 Å². The Labute approximate surface area is 160 Å². The van der Waals surface area contributed by atoms with E-state index < -0.39 is 0 Å². The van der Waals surface area contributed by atoms with Gasteiger partial charge in [-0.3, -0.25) is 15.0 Å². The fourth-order valence-electron chi connectivity index (χ4n) is 4.62. The van der Waals surface area contributed by atoms with Crippen LogP contribution in [-0.2, 0) is 11.3 Å². The largest absolute Gasteiger partial charge is 0.335 e. The molecule has 2 saturated carbocycles. The smallest absolute Gasteiger partial charge is 0.321 e. The van der Waals surface area contributed by atoms with Crippen molar-refractivity contribution in [1.29, 1.82) is 0 Å². The number of carbonyl (C=O) groups excluding carboxylic acids is 2. The minimum Gasteiger partial charge on any atom is -0.335 e. The molecule has 0 aromatic heterocycles. The topological polar surface area (TPSA) is 61.4 Å². The number of benzene rings is 1. The highest BCUT2D eigenvalue weighted by atomic mass is 35.5. The average Bonchev–Trinajstić information content (AvgIpc) is 3.19. The molecule has 3 amide bonds. The number of likely N-dealkylation sites (N-methyl/N-ethyl adjacent to an activating group) is 1. The van der Waals surface area contributed by atoms with E-state index in [1.807, 2.05) is 36.2 Å². The molecule has 4 atom stereocenters.